The van der Waals surface area contributed by atoms with Gasteiger partial charge in [-0.2, -0.15) is 0 Å². The summed E-state index contributed by atoms with van der Waals surface area (Å²) < 4.78 is 2.24. The topological polar surface area (TPSA) is 60.7 Å². The third-order valence-corrected chi connectivity index (χ3v) is 5.95. The lowest BCUT2D eigenvalue weighted by Gasteiger charge is -2.35. The molecule has 0 aliphatic carbocycles. The fourth-order valence-electron chi connectivity index (χ4n) is 4.42. The molecule has 0 spiro atoms. The Balaban J connectivity index is 1.35. The van der Waals surface area contributed by atoms with Gasteiger partial charge in [-0.3, -0.25) is 14.6 Å². The molecule has 1 saturated heterocycles. The van der Waals surface area contributed by atoms with E-state index in [1.807, 2.05) is 0 Å². The van der Waals surface area contributed by atoms with Gasteiger partial charge in [-0.25, -0.2) is 0 Å². The van der Waals surface area contributed by atoms with Gasteiger partial charge >= 0.3 is 0 Å². The van der Waals surface area contributed by atoms with Crippen molar-refractivity contribution in [3.8, 4) is 0 Å². The number of nitrogens with zero attached hydrogens (tertiary/aromatic N) is 3. The number of β-amino-alcohol motifs (C(OH)–C–C–N with tert-alkyl or cyclic N) is 1. The van der Waals surface area contributed by atoms with E-state index in [2.05, 4.69) is 75.1 Å². The fourth-order valence-corrected chi connectivity index (χ4v) is 4.42. The quantitative estimate of drug-likeness (QED) is 0.601. The number of nitrogens with one attached hydrogen (secondary N) is 1. The van der Waals surface area contributed by atoms with Crippen molar-refractivity contribution in [1.82, 2.24) is 19.7 Å². The normalized spacial score (nSPS) is 16.9. The number of hydrogen-bond donors (Lipinski definition) is 2. The molecular weight excluding hydrogens is 376 g/mol. The molecule has 3 aromatic rings. The van der Waals surface area contributed by atoms with Crippen molar-refractivity contribution < 1.29 is 9.90 Å². The van der Waals surface area contributed by atoms with Crippen molar-refractivity contribution >= 4 is 27.7 Å². The van der Waals surface area contributed by atoms with E-state index >= 15 is 0 Å². The van der Waals surface area contributed by atoms with E-state index in [0.717, 1.165) is 39.1 Å². The Morgan fingerprint density at radius 3 is 2.10 bits per heavy atom. The highest BCUT2D eigenvalue weighted by Gasteiger charge is 2.21. The summed E-state index contributed by atoms with van der Waals surface area (Å²) in [7, 11) is 0. The van der Waals surface area contributed by atoms with Crippen LogP contribution in [0.5, 0.6) is 0 Å². The summed E-state index contributed by atoms with van der Waals surface area (Å²) in [5, 5.41) is 16.3. The van der Waals surface area contributed by atoms with Crippen molar-refractivity contribution in [1.29, 1.82) is 0 Å². The Labute approximate surface area is 178 Å². The van der Waals surface area contributed by atoms with Crippen LogP contribution in [0, 0.1) is 0 Å². The molecule has 1 aliphatic heterocycles. The molecule has 30 heavy (non-hydrogen) atoms. The summed E-state index contributed by atoms with van der Waals surface area (Å²) in [6, 6.07) is 16.8. The summed E-state index contributed by atoms with van der Waals surface area (Å²) in [4.78, 5) is 16.4. The lowest BCUT2D eigenvalue weighted by Crippen LogP contribution is -2.51. The molecule has 6 heteroatoms. The Morgan fingerprint density at radius 2 is 1.50 bits per heavy atom. The van der Waals surface area contributed by atoms with E-state index in [-0.39, 0.29) is 5.91 Å². The molecule has 2 heterocycles. The third kappa shape index (κ3) is 4.67. The Hall–Kier alpha value is -2.41. The smallest absolute Gasteiger partial charge is 0.234 e. The number of benzene rings is 2. The molecule has 0 unspecified atom stereocenters. The highest BCUT2D eigenvalue weighted by molar-refractivity contribution is 6.07. The number of fused-ring (bicyclic) bond motifs is 3. The van der Waals surface area contributed by atoms with Crippen LogP contribution in [0.4, 0.5) is 0 Å². The van der Waals surface area contributed by atoms with Crippen LogP contribution in [0.2, 0.25) is 0 Å². The molecule has 0 bridgehead atoms. The van der Waals surface area contributed by atoms with Gasteiger partial charge in [0.1, 0.15) is 0 Å². The predicted molar refractivity (Wildman–Crippen MR) is 122 cm³/mol. The van der Waals surface area contributed by atoms with Gasteiger partial charge in [0.25, 0.3) is 0 Å². The number of hydrogen-bond acceptors (Lipinski definition) is 4. The van der Waals surface area contributed by atoms with E-state index in [1.54, 1.807) is 0 Å². The number of amides is 1. The average Bonchev–Trinajstić information content (AvgIpc) is 3.08. The van der Waals surface area contributed by atoms with Gasteiger partial charge in [0, 0.05) is 61.1 Å². The molecule has 6 nitrogen and oxygen atoms in total. The van der Waals surface area contributed by atoms with E-state index < -0.39 is 6.10 Å². The number of piperazine rings is 1. The fraction of sp³-hybridized carbons (Fsp3) is 0.458. The standard InChI is InChI=1S/C24H32N4O2/c1-2-11-25-24(30)18-27-14-12-26(13-15-27)16-19(29)17-28-22-9-5-3-7-20(22)21-8-4-6-10-23(21)28/h3-10,19,29H,2,11-18H2,1H3,(H,25,30)/t19-/m0/s1. The maximum Gasteiger partial charge on any atom is 0.234 e. The van der Waals surface area contributed by atoms with Crippen molar-refractivity contribution in [2.45, 2.75) is 26.0 Å². The second-order valence-corrected chi connectivity index (χ2v) is 8.23. The van der Waals surface area contributed by atoms with Crippen LogP contribution < -0.4 is 5.32 Å². The monoisotopic (exact) mass is 408 g/mol. The first-order chi connectivity index (χ1) is 14.7. The molecule has 2 aromatic carbocycles. The van der Waals surface area contributed by atoms with E-state index in [9.17, 15) is 9.90 Å². The minimum Gasteiger partial charge on any atom is -0.390 e. The van der Waals surface area contributed by atoms with Crippen LogP contribution in [0.3, 0.4) is 0 Å². The van der Waals surface area contributed by atoms with Crippen molar-refractivity contribution in [2.24, 2.45) is 0 Å². The molecule has 1 fully saturated rings. The number of aliphatic hydroxyl groups is 1. The summed E-state index contributed by atoms with van der Waals surface area (Å²) in [5.41, 5.74) is 2.33. The van der Waals surface area contributed by atoms with Crippen molar-refractivity contribution in [2.75, 3.05) is 45.8 Å². The van der Waals surface area contributed by atoms with E-state index in [0.29, 0.717) is 19.6 Å². The second-order valence-electron chi connectivity index (χ2n) is 8.23. The SMILES string of the molecule is CCCNC(=O)CN1CCN(C[C@H](O)Cn2c3ccccc3c3ccccc32)CC1. The molecule has 2 N–H and O–H groups in total. The predicted octanol–water partition coefficient (Wildman–Crippen LogP) is 2.30. The largest absolute Gasteiger partial charge is 0.390 e. The molecule has 1 amide bonds. The minimum atomic E-state index is -0.441. The first-order valence-electron chi connectivity index (χ1n) is 11.0. The molecule has 4 rings (SSSR count). The van der Waals surface area contributed by atoms with Crippen LogP contribution in [-0.2, 0) is 11.3 Å². The Morgan fingerprint density at radius 1 is 0.933 bits per heavy atom. The van der Waals surface area contributed by atoms with Gasteiger partial charge in [-0.15, -0.1) is 0 Å². The summed E-state index contributed by atoms with van der Waals surface area (Å²) >= 11 is 0. The van der Waals surface area contributed by atoms with Gasteiger partial charge in [-0.1, -0.05) is 43.3 Å². The zero-order valence-electron chi connectivity index (χ0n) is 17.8. The number of carbonyl (C=O) groups is 1. The summed E-state index contributed by atoms with van der Waals surface area (Å²) in [6.45, 7) is 7.99. The zero-order chi connectivity index (χ0) is 20.9. The van der Waals surface area contributed by atoms with E-state index in [1.165, 1.54) is 21.8 Å². The molecule has 1 aromatic heterocycles. The van der Waals surface area contributed by atoms with Crippen LogP contribution in [0.1, 0.15) is 13.3 Å². The van der Waals surface area contributed by atoms with Gasteiger partial charge in [0.2, 0.25) is 5.91 Å². The maximum absolute atomic E-state index is 11.9. The summed E-state index contributed by atoms with van der Waals surface area (Å²) in [6.07, 6.45) is 0.521. The Bertz CT molecular complexity index is 938. The maximum atomic E-state index is 11.9. The van der Waals surface area contributed by atoms with Gasteiger partial charge in [0.15, 0.2) is 0 Å². The van der Waals surface area contributed by atoms with Gasteiger partial charge in [-0.05, 0) is 18.6 Å². The highest BCUT2D eigenvalue weighted by Crippen LogP contribution is 2.28. The molecule has 160 valence electrons. The van der Waals surface area contributed by atoms with Crippen LogP contribution in [0.25, 0.3) is 21.8 Å². The second kappa shape index (κ2) is 9.60. The lowest BCUT2D eigenvalue weighted by molar-refractivity contribution is -0.122. The lowest BCUT2D eigenvalue weighted by atomic mass is 10.2. The zero-order valence-corrected chi connectivity index (χ0v) is 17.8. The van der Waals surface area contributed by atoms with Gasteiger partial charge in [0.05, 0.1) is 19.2 Å². The summed E-state index contributed by atoms with van der Waals surface area (Å²) in [5.74, 6) is 0.108. The molecule has 0 radical (unpaired) electrons. The number of aromatic nitrogens is 1. The van der Waals surface area contributed by atoms with Crippen LogP contribution in [-0.4, -0.2) is 77.3 Å². The molecular formula is C24H32N4O2. The molecule has 1 atom stereocenters. The van der Waals surface area contributed by atoms with Crippen molar-refractivity contribution in [3.63, 3.8) is 0 Å². The van der Waals surface area contributed by atoms with Gasteiger partial charge < -0.3 is 15.0 Å². The molecule has 0 saturated carbocycles. The van der Waals surface area contributed by atoms with E-state index in [4.69, 9.17) is 0 Å². The average molecular weight is 409 g/mol. The Kier molecular flexibility index (Phi) is 6.67. The number of carbonyl (C=O) groups excluding carboxylic acids is 1. The first-order valence-corrected chi connectivity index (χ1v) is 11.0. The number of aliphatic hydroxyl groups excluding tert-OH is 1. The molecule has 1 aliphatic rings. The number of rotatable bonds is 8. The highest BCUT2D eigenvalue weighted by atomic mass is 16.3. The third-order valence-electron chi connectivity index (χ3n) is 5.95. The van der Waals surface area contributed by atoms with Crippen LogP contribution >= 0.6 is 0 Å². The minimum absolute atomic E-state index is 0.108. The van der Waals surface area contributed by atoms with Crippen molar-refractivity contribution in [3.05, 3.63) is 48.5 Å². The number of para-hydroxylation sites is 2. The van der Waals surface area contributed by atoms with Crippen LogP contribution in [0.15, 0.2) is 48.5 Å². The first kappa shape index (κ1) is 20.8.